The average Bonchev–Trinajstić information content (AvgIpc) is 2.97. The lowest BCUT2D eigenvalue weighted by atomic mass is 9.82. The van der Waals surface area contributed by atoms with E-state index >= 15 is 0 Å². The zero-order valence-corrected chi connectivity index (χ0v) is 21.1. The van der Waals surface area contributed by atoms with Crippen LogP contribution in [0.25, 0.3) is 0 Å². The Morgan fingerprint density at radius 2 is 1.46 bits per heavy atom. The maximum absolute atomic E-state index is 13.6. The van der Waals surface area contributed by atoms with Gasteiger partial charge in [-0.05, 0) is 40.8 Å². The minimum absolute atomic E-state index is 0.0331. The smallest absolute Gasteiger partial charge is 0.330 e. The Morgan fingerprint density at radius 3 is 2.05 bits per heavy atom. The number of likely N-dealkylation sites (tertiary alicyclic amines) is 1. The number of urea groups is 1. The summed E-state index contributed by atoms with van der Waals surface area (Å²) in [5, 5.41) is 2.96. The van der Waals surface area contributed by atoms with Gasteiger partial charge in [-0.3, -0.25) is 4.79 Å². The molecule has 39 heavy (non-hydrogen) atoms. The first-order chi connectivity index (χ1) is 19.0. The molecule has 0 saturated carbocycles. The fourth-order valence-corrected chi connectivity index (χ4v) is 4.78. The largest absolute Gasteiger partial charge is 0.459 e. The van der Waals surface area contributed by atoms with Crippen LogP contribution in [0.5, 0.6) is 0 Å². The van der Waals surface area contributed by atoms with Crippen molar-refractivity contribution in [2.75, 3.05) is 5.73 Å². The molecular formula is C31H28N4O4. The molecule has 1 fully saturated rings. The van der Waals surface area contributed by atoms with Crippen molar-refractivity contribution in [2.24, 2.45) is 5.92 Å². The molecule has 0 spiro atoms. The number of carbonyl (C=O) groups is 3. The van der Waals surface area contributed by atoms with E-state index in [1.54, 1.807) is 18.3 Å². The lowest BCUT2D eigenvalue weighted by Gasteiger charge is -2.44. The second kappa shape index (κ2) is 11.6. The molecule has 2 heterocycles. The van der Waals surface area contributed by atoms with E-state index in [4.69, 9.17) is 10.5 Å². The molecule has 1 saturated heterocycles. The van der Waals surface area contributed by atoms with Crippen molar-refractivity contribution in [2.45, 2.75) is 25.1 Å². The number of esters is 1. The molecule has 1 aliphatic rings. The van der Waals surface area contributed by atoms with Crippen LogP contribution in [-0.2, 0) is 27.4 Å². The fourth-order valence-electron chi connectivity index (χ4n) is 4.78. The van der Waals surface area contributed by atoms with E-state index in [1.807, 2.05) is 91.0 Å². The van der Waals surface area contributed by atoms with E-state index < -0.39 is 35.9 Å². The van der Waals surface area contributed by atoms with E-state index in [2.05, 4.69) is 10.3 Å². The third-order valence-electron chi connectivity index (χ3n) is 6.73. The van der Waals surface area contributed by atoms with Crippen molar-refractivity contribution in [3.05, 3.63) is 132 Å². The number of β-lactam (4-membered cyclic amide) rings is 1. The highest BCUT2D eigenvalue weighted by Crippen LogP contribution is 2.33. The molecule has 0 bridgehead atoms. The Morgan fingerprint density at radius 1 is 0.872 bits per heavy atom. The summed E-state index contributed by atoms with van der Waals surface area (Å²) in [4.78, 5) is 45.2. The number of hydrogen-bond acceptors (Lipinski definition) is 6. The lowest BCUT2D eigenvalue weighted by molar-refractivity contribution is -0.170. The predicted molar refractivity (Wildman–Crippen MR) is 146 cm³/mol. The normalized spacial score (nSPS) is 16.4. The number of pyridine rings is 1. The Bertz CT molecular complexity index is 1410. The molecule has 0 radical (unpaired) electrons. The van der Waals surface area contributed by atoms with E-state index in [0.29, 0.717) is 5.82 Å². The average molecular weight is 521 g/mol. The number of ether oxygens (including phenoxy) is 1. The number of nitrogens with zero attached hydrogens (tertiary/aromatic N) is 2. The standard InChI is InChI=1S/C31H28N4O4/c32-26-19-22(16-17-33-26)18-25-28(30(37)39-20-21-10-4-1-5-11-21)35(29(25)36)31(38)34-27(23-12-6-2-7-13-23)24-14-8-3-9-15-24/h1-17,19,25,27-28H,18,20H2,(H2,32,33)(H,34,38)/t25-,28+/m1/s1. The van der Waals surface area contributed by atoms with Crippen molar-refractivity contribution in [3.63, 3.8) is 0 Å². The molecule has 2 atom stereocenters. The van der Waals surface area contributed by atoms with Crippen molar-refractivity contribution >= 4 is 23.7 Å². The number of rotatable bonds is 8. The van der Waals surface area contributed by atoms with Gasteiger partial charge in [0, 0.05) is 6.20 Å². The Labute approximate surface area is 226 Å². The minimum atomic E-state index is -1.08. The summed E-state index contributed by atoms with van der Waals surface area (Å²) in [5.74, 6) is -1.56. The zero-order valence-electron chi connectivity index (χ0n) is 21.1. The number of nitrogens with two attached hydrogens (primary N) is 1. The molecule has 196 valence electrons. The molecule has 1 aromatic heterocycles. The van der Waals surface area contributed by atoms with Crippen molar-refractivity contribution in [1.82, 2.24) is 15.2 Å². The number of carbonyl (C=O) groups excluding carboxylic acids is 3. The summed E-state index contributed by atoms with van der Waals surface area (Å²) in [6.45, 7) is 0.0331. The molecule has 0 unspecified atom stereocenters. The van der Waals surface area contributed by atoms with Crippen molar-refractivity contribution in [3.8, 4) is 0 Å². The van der Waals surface area contributed by atoms with Crippen LogP contribution in [0.4, 0.5) is 10.6 Å². The van der Waals surface area contributed by atoms with E-state index in [9.17, 15) is 14.4 Å². The molecule has 8 heteroatoms. The second-order valence-corrected chi connectivity index (χ2v) is 9.35. The minimum Gasteiger partial charge on any atom is -0.459 e. The fraction of sp³-hybridized carbons (Fsp3) is 0.161. The van der Waals surface area contributed by atoms with Crippen LogP contribution >= 0.6 is 0 Å². The van der Waals surface area contributed by atoms with Crippen LogP contribution in [0.3, 0.4) is 0 Å². The van der Waals surface area contributed by atoms with Gasteiger partial charge in [0.05, 0.1) is 12.0 Å². The van der Waals surface area contributed by atoms with Crippen LogP contribution < -0.4 is 11.1 Å². The first kappa shape index (κ1) is 25.7. The van der Waals surface area contributed by atoms with Gasteiger partial charge in [0.1, 0.15) is 12.4 Å². The summed E-state index contributed by atoms with van der Waals surface area (Å²) in [5.41, 5.74) is 9.05. The van der Waals surface area contributed by atoms with Gasteiger partial charge in [0.15, 0.2) is 6.04 Å². The highest BCUT2D eigenvalue weighted by atomic mass is 16.5. The molecule has 8 nitrogen and oxygen atoms in total. The summed E-state index contributed by atoms with van der Waals surface area (Å²) in [7, 11) is 0. The highest BCUT2D eigenvalue weighted by molar-refractivity contribution is 6.08. The predicted octanol–water partition coefficient (Wildman–Crippen LogP) is 4.28. The first-order valence-corrected chi connectivity index (χ1v) is 12.7. The molecule has 3 aromatic carbocycles. The van der Waals surface area contributed by atoms with Crippen LogP contribution in [0, 0.1) is 5.92 Å². The third-order valence-corrected chi connectivity index (χ3v) is 6.73. The summed E-state index contributed by atoms with van der Waals surface area (Å²) in [6, 6.07) is 29.3. The molecule has 3 amide bonds. The van der Waals surface area contributed by atoms with Crippen molar-refractivity contribution < 1.29 is 19.1 Å². The Balaban J connectivity index is 1.39. The first-order valence-electron chi connectivity index (χ1n) is 12.7. The maximum atomic E-state index is 13.6. The SMILES string of the molecule is Nc1cc(C[C@H]2C(=O)N(C(=O)NC(c3ccccc3)c3ccccc3)[C@@H]2C(=O)OCc2ccccc2)ccn1. The molecule has 1 aliphatic heterocycles. The molecule has 5 rings (SSSR count). The van der Waals surface area contributed by atoms with E-state index in [1.165, 1.54) is 0 Å². The summed E-state index contributed by atoms with van der Waals surface area (Å²) >= 11 is 0. The summed E-state index contributed by atoms with van der Waals surface area (Å²) < 4.78 is 5.58. The number of aromatic nitrogens is 1. The van der Waals surface area contributed by atoms with Crippen LogP contribution in [0.1, 0.15) is 28.3 Å². The highest BCUT2D eigenvalue weighted by Gasteiger charge is 2.55. The lowest BCUT2D eigenvalue weighted by Crippen LogP contribution is -2.69. The Hall–Kier alpha value is -4.98. The maximum Gasteiger partial charge on any atom is 0.330 e. The monoisotopic (exact) mass is 520 g/mol. The Kier molecular flexibility index (Phi) is 7.63. The van der Waals surface area contributed by atoms with E-state index in [-0.39, 0.29) is 13.0 Å². The number of nitrogens with one attached hydrogen (secondary N) is 1. The van der Waals surface area contributed by atoms with Gasteiger partial charge in [0.25, 0.3) is 0 Å². The third kappa shape index (κ3) is 5.80. The topological polar surface area (TPSA) is 115 Å². The van der Waals surface area contributed by atoms with Crippen LogP contribution in [0.15, 0.2) is 109 Å². The van der Waals surface area contributed by atoms with E-state index in [0.717, 1.165) is 27.2 Å². The number of amides is 3. The van der Waals surface area contributed by atoms with Crippen LogP contribution in [0.2, 0.25) is 0 Å². The van der Waals surface area contributed by atoms with Gasteiger partial charge in [-0.25, -0.2) is 19.5 Å². The molecule has 4 aromatic rings. The number of anilines is 1. The zero-order chi connectivity index (χ0) is 27.2. The second-order valence-electron chi connectivity index (χ2n) is 9.35. The van der Waals surface area contributed by atoms with Gasteiger partial charge in [-0.2, -0.15) is 0 Å². The quantitative estimate of drug-likeness (QED) is 0.265. The van der Waals surface area contributed by atoms with Gasteiger partial charge < -0.3 is 15.8 Å². The number of nitrogen functional groups attached to an aromatic ring is 1. The number of imide groups is 1. The molecule has 3 N–H and O–H groups in total. The number of hydrogen-bond donors (Lipinski definition) is 2. The van der Waals surface area contributed by atoms with Gasteiger partial charge in [-0.1, -0.05) is 91.0 Å². The van der Waals surface area contributed by atoms with Gasteiger partial charge >= 0.3 is 12.0 Å². The molecule has 0 aliphatic carbocycles. The number of benzene rings is 3. The molecular weight excluding hydrogens is 492 g/mol. The van der Waals surface area contributed by atoms with Gasteiger partial charge in [0.2, 0.25) is 5.91 Å². The summed E-state index contributed by atoms with van der Waals surface area (Å²) in [6.07, 6.45) is 1.77. The van der Waals surface area contributed by atoms with Crippen molar-refractivity contribution in [1.29, 1.82) is 0 Å². The van der Waals surface area contributed by atoms with Crippen LogP contribution in [-0.4, -0.2) is 33.8 Å². The van der Waals surface area contributed by atoms with Gasteiger partial charge in [-0.15, -0.1) is 0 Å².